The maximum atomic E-state index is 11.3. The van der Waals surface area contributed by atoms with E-state index in [4.69, 9.17) is 10.5 Å². The summed E-state index contributed by atoms with van der Waals surface area (Å²) in [7, 11) is 1.59. The second-order valence-electron chi connectivity index (χ2n) is 4.19. The Hall–Kier alpha value is -1.55. The highest BCUT2D eigenvalue weighted by molar-refractivity contribution is 5.80. The quantitative estimate of drug-likeness (QED) is 0.833. The Morgan fingerprint density at radius 3 is 2.53 bits per heavy atom. The van der Waals surface area contributed by atoms with Gasteiger partial charge < -0.3 is 15.8 Å². The van der Waals surface area contributed by atoms with Crippen LogP contribution in [0.4, 0.5) is 0 Å². The number of ether oxygens (including phenoxy) is 1. The van der Waals surface area contributed by atoms with Crippen molar-refractivity contribution in [3.63, 3.8) is 0 Å². The minimum atomic E-state index is -0.500. The molecule has 4 heteroatoms. The molecule has 0 fully saturated rings. The van der Waals surface area contributed by atoms with Crippen molar-refractivity contribution in [3.8, 4) is 5.75 Å². The van der Waals surface area contributed by atoms with Crippen LogP contribution < -0.4 is 15.8 Å². The van der Waals surface area contributed by atoms with Gasteiger partial charge in [-0.2, -0.15) is 0 Å². The van der Waals surface area contributed by atoms with E-state index in [0.717, 1.165) is 11.1 Å². The first-order valence-electron chi connectivity index (χ1n) is 5.70. The lowest BCUT2D eigenvalue weighted by atomic mass is 10.1. The molecule has 0 aliphatic rings. The molecule has 0 saturated heterocycles. The van der Waals surface area contributed by atoms with Gasteiger partial charge in [-0.05, 0) is 38.0 Å². The molecule has 0 radical (unpaired) electrons. The first-order valence-corrected chi connectivity index (χ1v) is 5.70. The number of likely N-dealkylation sites (N-methyl/N-ethyl adjacent to an activating group) is 1. The van der Waals surface area contributed by atoms with Crippen LogP contribution in [0.3, 0.4) is 0 Å². The van der Waals surface area contributed by atoms with Crippen molar-refractivity contribution in [1.82, 2.24) is 5.32 Å². The van der Waals surface area contributed by atoms with Gasteiger partial charge in [0.25, 0.3) is 5.91 Å². The zero-order chi connectivity index (χ0) is 13.0. The summed E-state index contributed by atoms with van der Waals surface area (Å²) in [5.74, 6) is 0.575. The Kier molecular flexibility index (Phi) is 4.52. The molecule has 3 N–H and O–H groups in total. The van der Waals surface area contributed by atoms with Crippen molar-refractivity contribution < 1.29 is 9.53 Å². The molecule has 1 aromatic carbocycles. The lowest BCUT2D eigenvalue weighted by molar-refractivity contribution is -0.126. The summed E-state index contributed by atoms with van der Waals surface area (Å²) in [4.78, 5) is 11.3. The first-order chi connectivity index (χ1) is 7.95. The number of carbonyl (C=O) groups is 1. The van der Waals surface area contributed by atoms with Gasteiger partial charge in [-0.1, -0.05) is 12.1 Å². The number of amides is 1. The van der Waals surface area contributed by atoms with Gasteiger partial charge in [0.2, 0.25) is 0 Å². The molecule has 0 aliphatic heterocycles. The van der Waals surface area contributed by atoms with Crippen LogP contribution >= 0.6 is 0 Å². The number of nitrogens with one attached hydrogen (secondary N) is 1. The number of nitrogens with two attached hydrogens (primary N) is 1. The van der Waals surface area contributed by atoms with E-state index >= 15 is 0 Å². The van der Waals surface area contributed by atoms with E-state index < -0.39 is 6.10 Å². The monoisotopic (exact) mass is 236 g/mol. The van der Waals surface area contributed by atoms with Crippen molar-refractivity contribution in [2.45, 2.75) is 32.9 Å². The smallest absolute Gasteiger partial charge is 0.260 e. The molecule has 1 aromatic rings. The van der Waals surface area contributed by atoms with E-state index in [1.165, 1.54) is 0 Å². The number of benzene rings is 1. The SMILES string of the molecule is CNC(=O)C(C)Oc1ccc(C(C)N)cc1C. The average molecular weight is 236 g/mol. The maximum absolute atomic E-state index is 11.3. The minimum absolute atomic E-state index is 0.000820. The topological polar surface area (TPSA) is 64.3 Å². The van der Waals surface area contributed by atoms with Gasteiger partial charge in [-0.25, -0.2) is 0 Å². The molecular formula is C13H20N2O2. The Bertz CT molecular complexity index is 402. The number of aryl methyl sites for hydroxylation is 1. The molecule has 2 atom stereocenters. The summed E-state index contributed by atoms with van der Waals surface area (Å²) < 4.78 is 5.58. The Morgan fingerprint density at radius 1 is 1.41 bits per heavy atom. The van der Waals surface area contributed by atoms with Crippen LogP contribution in [0, 0.1) is 6.92 Å². The lowest BCUT2D eigenvalue weighted by Crippen LogP contribution is -2.33. The highest BCUT2D eigenvalue weighted by Crippen LogP contribution is 2.22. The molecule has 1 rings (SSSR count). The maximum Gasteiger partial charge on any atom is 0.260 e. The largest absolute Gasteiger partial charge is 0.481 e. The number of carbonyl (C=O) groups excluding carboxylic acids is 1. The van der Waals surface area contributed by atoms with Gasteiger partial charge in [0.15, 0.2) is 6.10 Å². The molecule has 17 heavy (non-hydrogen) atoms. The Morgan fingerprint density at radius 2 is 2.06 bits per heavy atom. The molecule has 0 aromatic heterocycles. The van der Waals surface area contributed by atoms with E-state index in [-0.39, 0.29) is 11.9 Å². The summed E-state index contributed by atoms with van der Waals surface area (Å²) in [6, 6.07) is 5.76. The molecule has 94 valence electrons. The van der Waals surface area contributed by atoms with Gasteiger partial charge in [-0.3, -0.25) is 4.79 Å². The van der Waals surface area contributed by atoms with E-state index in [2.05, 4.69) is 5.32 Å². The normalized spacial score (nSPS) is 13.9. The van der Waals surface area contributed by atoms with E-state index in [1.807, 2.05) is 32.0 Å². The highest BCUT2D eigenvalue weighted by atomic mass is 16.5. The Labute approximate surface area is 102 Å². The molecule has 2 unspecified atom stereocenters. The average Bonchev–Trinajstić information content (AvgIpc) is 2.30. The van der Waals surface area contributed by atoms with Crippen LogP contribution in [0.2, 0.25) is 0 Å². The van der Waals surface area contributed by atoms with E-state index in [0.29, 0.717) is 5.75 Å². The molecule has 0 heterocycles. The molecule has 0 saturated carbocycles. The van der Waals surface area contributed by atoms with Crippen molar-refractivity contribution in [2.75, 3.05) is 7.05 Å². The first kappa shape index (κ1) is 13.5. The van der Waals surface area contributed by atoms with Crippen LogP contribution in [-0.4, -0.2) is 19.1 Å². The fourth-order valence-electron chi connectivity index (χ4n) is 1.54. The van der Waals surface area contributed by atoms with E-state index in [1.54, 1.807) is 14.0 Å². The lowest BCUT2D eigenvalue weighted by Gasteiger charge is -2.16. The molecule has 1 amide bonds. The van der Waals surface area contributed by atoms with Crippen molar-refractivity contribution in [3.05, 3.63) is 29.3 Å². The summed E-state index contributed by atoms with van der Waals surface area (Å²) in [6.07, 6.45) is -0.500. The van der Waals surface area contributed by atoms with Crippen LogP contribution in [0.25, 0.3) is 0 Å². The third-order valence-electron chi connectivity index (χ3n) is 2.64. The van der Waals surface area contributed by atoms with Crippen molar-refractivity contribution in [1.29, 1.82) is 0 Å². The van der Waals surface area contributed by atoms with Crippen LogP contribution in [0.15, 0.2) is 18.2 Å². The summed E-state index contributed by atoms with van der Waals surface area (Å²) in [5, 5.41) is 2.55. The standard InChI is InChI=1S/C13H20N2O2/c1-8-7-11(9(2)14)5-6-12(8)17-10(3)13(16)15-4/h5-7,9-10H,14H2,1-4H3,(H,15,16). The third-order valence-corrected chi connectivity index (χ3v) is 2.64. The zero-order valence-corrected chi connectivity index (χ0v) is 10.8. The summed E-state index contributed by atoms with van der Waals surface area (Å²) >= 11 is 0. The van der Waals surface area contributed by atoms with Crippen LogP contribution in [0.1, 0.15) is 31.0 Å². The number of rotatable bonds is 4. The fourth-order valence-corrected chi connectivity index (χ4v) is 1.54. The predicted molar refractivity (Wildman–Crippen MR) is 67.9 cm³/mol. The molecule has 4 nitrogen and oxygen atoms in total. The van der Waals surface area contributed by atoms with Gasteiger partial charge in [0.05, 0.1) is 0 Å². The second kappa shape index (κ2) is 5.68. The molecule has 0 bridgehead atoms. The molecular weight excluding hydrogens is 216 g/mol. The van der Waals surface area contributed by atoms with Crippen molar-refractivity contribution >= 4 is 5.91 Å². The zero-order valence-electron chi connectivity index (χ0n) is 10.8. The van der Waals surface area contributed by atoms with Gasteiger partial charge >= 0.3 is 0 Å². The van der Waals surface area contributed by atoms with E-state index in [9.17, 15) is 4.79 Å². The highest BCUT2D eigenvalue weighted by Gasteiger charge is 2.14. The summed E-state index contributed by atoms with van der Waals surface area (Å²) in [5.41, 5.74) is 7.84. The molecule has 0 aliphatic carbocycles. The third kappa shape index (κ3) is 3.46. The number of hydrogen-bond donors (Lipinski definition) is 2. The predicted octanol–water partition coefficient (Wildman–Crippen LogP) is 1.53. The van der Waals surface area contributed by atoms with Crippen LogP contribution in [-0.2, 0) is 4.79 Å². The number of hydrogen-bond acceptors (Lipinski definition) is 3. The van der Waals surface area contributed by atoms with Gasteiger partial charge in [0.1, 0.15) is 5.75 Å². The van der Waals surface area contributed by atoms with Crippen LogP contribution in [0.5, 0.6) is 5.75 Å². The Balaban J connectivity index is 2.83. The van der Waals surface area contributed by atoms with Crippen molar-refractivity contribution in [2.24, 2.45) is 5.73 Å². The molecule has 0 spiro atoms. The van der Waals surface area contributed by atoms with Gasteiger partial charge in [-0.15, -0.1) is 0 Å². The fraction of sp³-hybridized carbons (Fsp3) is 0.462. The van der Waals surface area contributed by atoms with Gasteiger partial charge in [0, 0.05) is 13.1 Å². The second-order valence-corrected chi connectivity index (χ2v) is 4.19. The minimum Gasteiger partial charge on any atom is -0.481 e. The summed E-state index contributed by atoms with van der Waals surface area (Å²) in [6.45, 7) is 5.60.